The number of alkyl halides is 3. The fourth-order valence-electron chi connectivity index (χ4n) is 2.26. The van der Waals surface area contributed by atoms with Gasteiger partial charge in [0.25, 0.3) is 0 Å². The predicted molar refractivity (Wildman–Crippen MR) is 71.4 cm³/mol. The lowest BCUT2D eigenvalue weighted by molar-refractivity contribution is -0.139. The van der Waals surface area contributed by atoms with Crippen molar-refractivity contribution in [1.82, 2.24) is 0 Å². The Hall–Kier alpha value is -1.88. The Labute approximate surface area is 119 Å². The summed E-state index contributed by atoms with van der Waals surface area (Å²) in [5, 5.41) is 10.3. The summed E-state index contributed by atoms with van der Waals surface area (Å²) in [7, 11) is 0. The predicted octanol–water partition coefficient (Wildman–Crippen LogP) is 4.54. The van der Waals surface area contributed by atoms with Gasteiger partial charge >= 0.3 is 6.18 Å². The second kappa shape index (κ2) is 5.48. The zero-order chi connectivity index (χ0) is 15.8. The molecule has 0 saturated heterocycles. The van der Waals surface area contributed by atoms with E-state index < -0.39 is 29.2 Å². The molecular formula is C16H14F4O. The van der Waals surface area contributed by atoms with Crippen LogP contribution in [0.2, 0.25) is 0 Å². The number of hydrogen-bond acceptors (Lipinski definition) is 1. The first-order valence-corrected chi connectivity index (χ1v) is 6.32. The van der Waals surface area contributed by atoms with E-state index in [1.807, 2.05) is 0 Å². The molecule has 0 aliphatic carbocycles. The van der Waals surface area contributed by atoms with Crippen LogP contribution in [0.15, 0.2) is 36.4 Å². The molecule has 5 heteroatoms. The first-order valence-electron chi connectivity index (χ1n) is 6.32. The Bertz CT molecular complexity index is 662. The number of aliphatic hydroxyl groups is 1. The topological polar surface area (TPSA) is 20.2 Å². The molecule has 0 aliphatic rings. The third kappa shape index (κ3) is 3.08. The summed E-state index contributed by atoms with van der Waals surface area (Å²) in [6, 6.07) is 7.10. The Morgan fingerprint density at radius 3 is 2.29 bits per heavy atom. The van der Waals surface area contributed by atoms with Crippen molar-refractivity contribution < 1.29 is 22.7 Å². The smallest absolute Gasteiger partial charge is 0.384 e. The minimum absolute atomic E-state index is 0.339. The molecule has 0 radical (unpaired) electrons. The van der Waals surface area contributed by atoms with E-state index >= 15 is 0 Å². The van der Waals surface area contributed by atoms with Gasteiger partial charge in [-0.3, -0.25) is 0 Å². The van der Waals surface area contributed by atoms with Gasteiger partial charge in [-0.05, 0) is 48.7 Å². The third-order valence-electron chi connectivity index (χ3n) is 3.55. The van der Waals surface area contributed by atoms with Crippen molar-refractivity contribution in [2.24, 2.45) is 0 Å². The van der Waals surface area contributed by atoms with Crippen LogP contribution in [0.25, 0.3) is 0 Å². The molecule has 1 nitrogen and oxygen atoms in total. The van der Waals surface area contributed by atoms with Crippen molar-refractivity contribution in [2.75, 3.05) is 0 Å². The second-order valence-corrected chi connectivity index (χ2v) is 4.92. The van der Waals surface area contributed by atoms with E-state index in [0.717, 1.165) is 17.7 Å². The van der Waals surface area contributed by atoms with Crippen LogP contribution in [-0.4, -0.2) is 5.11 Å². The van der Waals surface area contributed by atoms with E-state index in [1.165, 1.54) is 6.07 Å². The summed E-state index contributed by atoms with van der Waals surface area (Å²) in [6.45, 7) is 3.50. The van der Waals surface area contributed by atoms with E-state index in [-0.39, 0.29) is 0 Å². The maximum Gasteiger partial charge on any atom is 0.416 e. The summed E-state index contributed by atoms with van der Waals surface area (Å²) in [5.41, 5.74) is 0.360. The molecule has 0 aromatic heterocycles. The molecule has 2 aromatic rings. The van der Waals surface area contributed by atoms with Crippen molar-refractivity contribution in [3.8, 4) is 0 Å². The van der Waals surface area contributed by atoms with Gasteiger partial charge in [0.2, 0.25) is 0 Å². The summed E-state index contributed by atoms with van der Waals surface area (Å²) >= 11 is 0. The van der Waals surface area contributed by atoms with E-state index in [9.17, 15) is 22.7 Å². The van der Waals surface area contributed by atoms with Crippen LogP contribution in [0.4, 0.5) is 17.6 Å². The highest BCUT2D eigenvalue weighted by Crippen LogP contribution is 2.37. The van der Waals surface area contributed by atoms with Gasteiger partial charge in [0.15, 0.2) is 0 Å². The molecular weight excluding hydrogens is 284 g/mol. The van der Waals surface area contributed by atoms with Crippen LogP contribution in [0.3, 0.4) is 0 Å². The van der Waals surface area contributed by atoms with Crippen LogP contribution in [0, 0.1) is 19.7 Å². The molecule has 0 heterocycles. The van der Waals surface area contributed by atoms with Crippen LogP contribution < -0.4 is 0 Å². The minimum atomic E-state index is -4.65. The molecule has 1 N–H and O–H groups in total. The third-order valence-corrected chi connectivity index (χ3v) is 3.55. The Balaban J connectivity index is 2.60. The molecule has 21 heavy (non-hydrogen) atoms. The molecule has 0 aliphatic heterocycles. The van der Waals surface area contributed by atoms with E-state index in [1.54, 1.807) is 26.0 Å². The van der Waals surface area contributed by atoms with Gasteiger partial charge in [-0.15, -0.1) is 0 Å². The van der Waals surface area contributed by atoms with Crippen molar-refractivity contribution in [2.45, 2.75) is 26.1 Å². The van der Waals surface area contributed by atoms with Crippen molar-refractivity contribution in [3.05, 3.63) is 70.0 Å². The first kappa shape index (κ1) is 15.5. The Morgan fingerprint density at radius 2 is 1.67 bits per heavy atom. The van der Waals surface area contributed by atoms with E-state index in [4.69, 9.17) is 0 Å². The van der Waals surface area contributed by atoms with Crippen molar-refractivity contribution >= 4 is 0 Å². The Morgan fingerprint density at radius 1 is 1.00 bits per heavy atom. The zero-order valence-corrected chi connectivity index (χ0v) is 11.5. The maximum atomic E-state index is 13.3. The average Bonchev–Trinajstić information content (AvgIpc) is 2.39. The molecule has 1 atom stereocenters. The normalized spacial score (nSPS) is 13.3. The van der Waals surface area contributed by atoms with Gasteiger partial charge in [0.1, 0.15) is 11.9 Å². The highest BCUT2D eigenvalue weighted by atomic mass is 19.4. The molecule has 112 valence electrons. The van der Waals surface area contributed by atoms with Crippen molar-refractivity contribution in [1.29, 1.82) is 0 Å². The summed E-state index contributed by atoms with van der Waals surface area (Å²) in [6.07, 6.45) is -6.18. The highest BCUT2D eigenvalue weighted by Gasteiger charge is 2.35. The molecule has 2 aromatic carbocycles. The van der Waals surface area contributed by atoms with Gasteiger partial charge in [-0.1, -0.05) is 18.2 Å². The molecule has 0 bridgehead atoms. The quantitative estimate of drug-likeness (QED) is 0.807. The molecule has 2 rings (SSSR count). The van der Waals surface area contributed by atoms with Gasteiger partial charge in [-0.25, -0.2) is 4.39 Å². The SMILES string of the molecule is Cc1cccc(C(O)c2cc(F)ccc2C(F)(F)F)c1C. The van der Waals surface area contributed by atoms with E-state index in [2.05, 4.69) is 0 Å². The lowest BCUT2D eigenvalue weighted by atomic mass is 9.92. The number of halogens is 4. The monoisotopic (exact) mass is 298 g/mol. The van der Waals surface area contributed by atoms with Crippen LogP contribution in [0.5, 0.6) is 0 Å². The summed E-state index contributed by atoms with van der Waals surface area (Å²) in [5.74, 6) is -0.817. The van der Waals surface area contributed by atoms with Gasteiger partial charge in [0, 0.05) is 5.56 Å². The standard InChI is InChI=1S/C16H14F4O/c1-9-4-3-5-12(10(9)2)15(21)13-8-11(17)6-7-14(13)16(18,19)20/h3-8,15,21H,1-2H3. The number of rotatable bonds is 2. The zero-order valence-electron chi connectivity index (χ0n) is 11.5. The lowest BCUT2D eigenvalue weighted by Crippen LogP contribution is -2.14. The molecule has 1 unspecified atom stereocenters. The lowest BCUT2D eigenvalue weighted by Gasteiger charge is -2.20. The molecule has 0 saturated carbocycles. The maximum absolute atomic E-state index is 13.3. The molecule has 0 spiro atoms. The number of hydrogen-bond donors (Lipinski definition) is 1. The molecule has 0 amide bonds. The fraction of sp³-hybridized carbons (Fsp3) is 0.250. The van der Waals surface area contributed by atoms with Gasteiger partial charge in [-0.2, -0.15) is 13.2 Å². The number of aryl methyl sites for hydroxylation is 1. The van der Waals surface area contributed by atoms with Gasteiger partial charge in [0.05, 0.1) is 5.56 Å². The average molecular weight is 298 g/mol. The highest BCUT2D eigenvalue weighted by molar-refractivity contribution is 5.42. The fourth-order valence-corrected chi connectivity index (χ4v) is 2.26. The largest absolute Gasteiger partial charge is 0.416 e. The summed E-state index contributed by atoms with van der Waals surface area (Å²) in [4.78, 5) is 0. The van der Waals surface area contributed by atoms with Crippen molar-refractivity contribution in [3.63, 3.8) is 0 Å². The van der Waals surface area contributed by atoms with Gasteiger partial charge < -0.3 is 5.11 Å². The number of aliphatic hydroxyl groups excluding tert-OH is 1. The first-order chi connectivity index (χ1) is 9.71. The van der Waals surface area contributed by atoms with Crippen LogP contribution in [-0.2, 0) is 6.18 Å². The van der Waals surface area contributed by atoms with Crippen LogP contribution >= 0.6 is 0 Å². The van der Waals surface area contributed by atoms with E-state index in [0.29, 0.717) is 17.2 Å². The minimum Gasteiger partial charge on any atom is -0.384 e. The van der Waals surface area contributed by atoms with Crippen LogP contribution in [0.1, 0.15) is 33.9 Å². The Kier molecular flexibility index (Phi) is 4.05. The number of benzene rings is 2. The second-order valence-electron chi connectivity index (χ2n) is 4.92. The molecule has 0 fully saturated rings. The summed E-state index contributed by atoms with van der Waals surface area (Å²) < 4.78 is 52.3.